The lowest BCUT2D eigenvalue weighted by atomic mass is 10.0. The van der Waals surface area contributed by atoms with Gasteiger partial charge in [0.15, 0.2) is 0 Å². The Bertz CT molecular complexity index is 864. The number of piperidine rings is 1. The number of hydrogen-bond donors (Lipinski definition) is 1. The fraction of sp³-hybridized carbons (Fsp3) is 0.455. The third-order valence-corrected chi connectivity index (χ3v) is 5.10. The highest BCUT2D eigenvalue weighted by atomic mass is 35.5. The number of ether oxygens (including phenoxy) is 1. The molecule has 7 heteroatoms. The summed E-state index contributed by atoms with van der Waals surface area (Å²) in [5.41, 5.74) is 1.08. The number of benzene rings is 1. The van der Waals surface area contributed by atoms with Gasteiger partial charge in [0.25, 0.3) is 5.91 Å². The molecule has 156 valence electrons. The van der Waals surface area contributed by atoms with Crippen molar-refractivity contribution in [3.8, 4) is 0 Å². The van der Waals surface area contributed by atoms with E-state index in [1.807, 2.05) is 67.9 Å². The number of carbonyl (C=O) groups excluding carboxylic acids is 2. The van der Waals surface area contributed by atoms with Crippen LogP contribution in [0, 0.1) is 0 Å². The fourth-order valence-electron chi connectivity index (χ4n) is 3.48. The second kappa shape index (κ2) is 8.91. The van der Waals surface area contributed by atoms with Crippen LogP contribution in [0.25, 0.3) is 0 Å². The van der Waals surface area contributed by atoms with E-state index < -0.39 is 5.60 Å². The number of hydrogen-bond acceptors (Lipinski definition) is 3. The third-order valence-electron chi connectivity index (χ3n) is 4.86. The normalized spacial score (nSPS) is 15.2. The third kappa shape index (κ3) is 5.76. The van der Waals surface area contributed by atoms with Gasteiger partial charge in [0.2, 0.25) is 0 Å². The molecule has 3 rings (SSSR count). The summed E-state index contributed by atoms with van der Waals surface area (Å²) in [6, 6.07) is 11.3. The standard InChI is InChI=1S/C22H28ClN3O3/c1-22(2,3)29-21(28)25-12-9-18(10-13-25)26-11-5-8-19(26)20(27)24-15-16-6-4-7-17(23)14-16/h4-8,11,14,18H,9-10,12-13,15H2,1-3H3,(H,24,27). The maximum Gasteiger partial charge on any atom is 0.410 e. The molecule has 1 saturated heterocycles. The highest BCUT2D eigenvalue weighted by molar-refractivity contribution is 6.30. The molecular formula is C22H28ClN3O3. The van der Waals surface area contributed by atoms with Crippen LogP contribution in [0.1, 0.15) is 55.7 Å². The number of nitrogens with one attached hydrogen (secondary N) is 1. The van der Waals surface area contributed by atoms with Gasteiger partial charge in [-0.1, -0.05) is 23.7 Å². The molecule has 6 nitrogen and oxygen atoms in total. The second-order valence-electron chi connectivity index (χ2n) is 8.31. The molecule has 1 N–H and O–H groups in total. The topological polar surface area (TPSA) is 63.6 Å². The van der Waals surface area contributed by atoms with E-state index in [1.54, 1.807) is 4.90 Å². The number of likely N-dealkylation sites (tertiary alicyclic amines) is 1. The lowest BCUT2D eigenvalue weighted by Crippen LogP contribution is -2.42. The Morgan fingerprint density at radius 3 is 2.55 bits per heavy atom. The van der Waals surface area contributed by atoms with E-state index in [4.69, 9.17) is 16.3 Å². The SMILES string of the molecule is CC(C)(C)OC(=O)N1CCC(n2cccc2C(=O)NCc2cccc(Cl)c2)CC1. The molecule has 1 aromatic heterocycles. The first-order valence-corrected chi connectivity index (χ1v) is 10.3. The van der Waals surface area contributed by atoms with E-state index in [-0.39, 0.29) is 18.0 Å². The van der Waals surface area contributed by atoms with Gasteiger partial charge in [0.1, 0.15) is 11.3 Å². The van der Waals surface area contributed by atoms with Gasteiger partial charge in [-0.25, -0.2) is 4.79 Å². The maximum absolute atomic E-state index is 12.7. The summed E-state index contributed by atoms with van der Waals surface area (Å²) >= 11 is 6.00. The summed E-state index contributed by atoms with van der Waals surface area (Å²) in [5, 5.41) is 3.61. The van der Waals surface area contributed by atoms with Gasteiger partial charge in [-0.2, -0.15) is 0 Å². The molecule has 0 radical (unpaired) electrons. The van der Waals surface area contributed by atoms with Crippen LogP contribution < -0.4 is 5.32 Å². The van der Waals surface area contributed by atoms with Gasteiger partial charge < -0.3 is 19.5 Å². The van der Waals surface area contributed by atoms with E-state index in [2.05, 4.69) is 5.32 Å². The number of amides is 2. The van der Waals surface area contributed by atoms with Gasteiger partial charge in [0, 0.05) is 36.9 Å². The highest BCUT2D eigenvalue weighted by Crippen LogP contribution is 2.26. The molecule has 0 aliphatic carbocycles. The molecule has 2 amide bonds. The van der Waals surface area contributed by atoms with Gasteiger partial charge in [-0.3, -0.25) is 4.79 Å². The van der Waals surface area contributed by atoms with Crippen LogP contribution in [-0.2, 0) is 11.3 Å². The Morgan fingerprint density at radius 2 is 1.90 bits per heavy atom. The molecule has 29 heavy (non-hydrogen) atoms. The Morgan fingerprint density at radius 1 is 1.17 bits per heavy atom. The Kier molecular flexibility index (Phi) is 6.52. The first kappa shape index (κ1) is 21.2. The van der Waals surface area contributed by atoms with Crippen LogP contribution in [0.2, 0.25) is 5.02 Å². The van der Waals surface area contributed by atoms with Crippen LogP contribution in [0.4, 0.5) is 4.79 Å². The molecule has 1 aliphatic heterocycles. The van der Waals surface area contributed by atoms with Crippen molar-refractivity contribution in [3.63, 3.8) is 0 Å². The summed E-state index contributed by atoms with van der Waals surface area (Å²) in [5.74, 6) is -0.121. The van der Waals surface area contributed by atoms with Crippen molar-refractivity contribution in [1.29, 1.82) is 0 Å². The zero-order valence-corrected chi connectivity index (χ0v) is 17.9. The zero-order valence-electron chi connectivity index (χ0n) is 17.2. The van der Waals surface area contributed by atoms with Crippen LogP contribution in [0.15, 0.2) is 42.6 Å². The number of halogens is 1. The summed E-state index contributed by atoms with van der Waals surface area (Å²) in [7, 11) is 0. The maximum atomic E-state index is 12.7. The molecule has 0 bridgehead atoms. The largest absolute Gasteiger partial charge is 0.444 e. The second-order valence-corrected chi connectivity index (χ2v) is 8.75. The van der Waals surface area contributed by atoms with E-state index in [1.165, 1.54) is 0 Å². The first-order chi connectivity index (χ1) is 13.7. The molecular weight excluding hydrogens is 390 g/mol. The zero-order chi connectivity index (χ0) is 21.0. The molecule has 2 heterocycles. The van der Waals surface area contributed by atoms with Crippen molar-refractivity contribution in [1.82, 2.24) is 14.8 Å². The first-order valence-electron chi connectivity index (χ1n) is 9.90. The van der Waals surface area contributed by atoms with Crippen molar-refractivity contribution < 1.29 is 14.3 Å². The van der Waals surface area contributed by atoms with E-state index in [9.17, 15) is 9.59 Å². The van der Waals surface area contributed by atoms with E-state index in [0.717, 1.165) is 18.4 Å². The van der Waals surface area contributed by atoms with Crippen molar-refractivity contribution in [2.45, 2.75) is 51.8 Å². The Hall–Kier alpha value is -2.47. The molecule has 1 aliphatic rings. The number of nitrogens with zero attached hydrogens (tertiary/aromatic N) is 2. The lowest BCUT2D eigenvalue weighted by molar-refractivity contribution is 0.0187. The Labute approximate surface area is 176 Å². The molecule has 2 aromatic rings. The monoisotopic (exact) mass is 417 g/mol. The van der Waals surface area contributed by atoms with Gasteiger partial charge >= 0.3 is 6.09 Å². The van der Waals surface area contributed by atoms with Crippen LogP contribution in [0.5, 0.6) is 0 Å². The molecule has 1 aromatic carbocycles. The van der Waals surface area contributed by atoms with Crippen LogP contribution in [0.3, 0.4) is 0 Å². The van der Waals surface area contributed by atoms with Crippen LogP contribution >= 0.6 is 11.6 Å². The minimum absolute atomic E-state index is 0.121. The molecule has 0 spiro atoms. The lowest BCUT2D eigenvalue weighted by Gasteiger charge is -2.34. The van der Waals surface area contributed by atoms with Crippen molar-refractivity contribution >= 4 is 23.6 Å². The minimum Gasteiger partial charge on any atom is -0.444 e. The highest BCUT2D eigenvalue weighted by Gasteiger charge is 2.28. The minimum atomic E-state index is -0.497. The summed E-state index contributed by atoms with van der Waals surface area (Å²) in [6.07, 6.45) is 3.22. The predicted octanol–water partition coefficient (Wildman–Crippen LogP) is 4.64. The Balaban J connectivity index is 1.57. The van der Waals surface area contributed by atoms with Gasteiger partial charge in [-0.05, 0) is 63.4 Å². The summed E-state index contributed by atoms with van der Waals surface area (Å²) in [6.45, 7) is 7.24. The number of carbonyl (C=O) groups is 2. The van der Waals surface area contributed by atoms with Gasteiger partial charge in [0.05, 0.1) is 0 Å². The predicted molar refractivity (Wildman–Crippen MR) is 113 cm³/mol. The molecule has 1 fully saturated rings. The number of aromatic nitrogens is 1. The number of rotatable bonds is 4. The van der Waals surface area contributed by atoms with Gasteiger partial charge in [-0.15, -0.1) is 0 Å². The van der Waals surface area contributed by atoms with Crippen molar-refractivity contribution in [3.05, 3.63) is 58.9 Å². The molecule has 0 saturated carbocycles. The van der Waals surface area contributed by atoms with Crippen LogP contribution in [-0.4, -0.2) is 40.2 Å². The molecule has 0 atom stereocenters. The van der Waals surface area contributed by atoms with Crippen molar-refractivity contribution in [2.75, 3.05) is 13.1 Å². The molecule has 0 unspecified atom stereocenters. The fourth-order valence-corrected chi connectivity index (χ4v) is 3.69. The van der Waals surface area contributed by atoms with Crippen molar-refractivity contribution in [2.24, 2.45) is 0 Å². The van der Waals surface area contributed by atoms with E-state index in [0.29, 0.717) is 30.4 Å². The summed E-state index contributed by atoms with van der Waals surface area (Å²) in [4.78, 5) is 26.7. The average Bonchev–Trinajstić information content (AvgIpc) is 3.15. The average molecular weight is 418 g/mol. The van der Waals surface area contributed by atoms with E-state index >= 15 is 0 Å². The smallest absolute Gasteiger partial charge is 0.410 e. The quantitative estimate of drug-likeness (QED) is 0.787. The summed E-state index contributed by atoms with van der Waals surface area (Å²) < 4.78 is 7.47.